The third-order valence-corrected chi connectivity index (χ3v) is 5.38. The predicted octanol–water partition coefficient (Wildman–Crippen LogP) is 4.04. The first-order valence-electron chi connectivity index (χ1n) is 9.00. The third-order valence-electron chi connectivity index (χ3n) is 5.13. The zero-order chi connectivity index (χ0) is 18.1. The number of carbonyl (C=O) groups is 1. The molecular weight excluding hydrogens is 346 g/mol. The Kier molecular flexibility index (Phi) is 4.70. The molecular formula is C21H22ClN3O. The number of nitrogens with one attached hydrogen (secondary N) is 1. The number of benzene rings is 2. The van der Waals surface area contributed by atoms with Gasteiger partial charge >= 0.3 is 0 Å². The normalized spacial score (nSPS) is 22.0. The van der Waals surface area contributed by atoms with E-state index < -0.39 is 0 Å². The van der Waals surface area contributed by atoms with Gasteiger partial charge in [-0.1, -0.05) is 54.9 Å². The average molecular weight is 368 g/mol. The van der Waals surface area contributed by atoms with E-state index in [0.29, 0.717) is 11.6 Å². The van der Waals surface area contributed by atoms with Crippen molar-refractivity contribution in [2.24, 2.45) is 0 Å². The molecule has 1 N–H and O–H groups in total. The molecule has 4 rings (SSSR count). The number of rotatable bonds is 4. The van der Waals surface area contributed by atoms with E-state index in [1.54, 1.807) is 4.90 Å². The molecule has 134 valence electrons. The van der Waals surface area contributed by atoms with Crippen molar-refractivity contribution in [1.29, 1.82) is 0 Å². The Hall–Kier alpha value is -2.30. The first-order valence-corrected chi connectivity index (χ1v) is 9.38. The monoisotopic (exact) mass is 367 g/mol. The molecule has 2 aromatic rings. The van der Waals surface area contributed by atoms with Crippen LogP contribution < -0.4 is 5.43 Å². The molecule has 2 aliphatic heterocycles. The second-order valence-corrected chi connectivity index (χ2v) is 7.26. The molecule has 0 spiro atoms. The highest BCUT2D eigenvalue weighted by Crippen LogP contribution is 2.31. The summed E-state index contributed by atoms with van der Waals surface area (Å²) in [5.41, 5.74) is 7.07. The van der Waals surface area contributed by atoms with Gasteiger partial charge in [0.05, 0.1) is 12.6 Å². The van der Waals surface area contributed by atoms with Crippen LogP contribution in [0.15, 0.2) is 60.9 Å². The maximum atomic E-state index is 12.9. The Morgan fingerprint density at radius 1 is 1.04 bits per heavy atom. The van der Waals surface area contributed by atoms with Crippen molar-refractivity contribution in [2.45, 2.75) is 38.4 Å². The standard InChI is InChI=1S/C21H22ClN3O/c1-2-15-3-7-17(8-4-15)19-13-20-21(26)24(11-12-25(20)23-19)14-16-5-9-18(22)10-6-16/h3-12,19-20,23H,2,13-14H2,1H3. The molecule has 0 radical (unpaired) electrons. The van der Waals surface area contributed by atoms with Crippen molar-refractivity contribution >= 4 is 17.5 Å². The van der Waals surface area contributed by atoms with Crippen LogP contribution in [-0.2, 0) is 17.8 Å². The predicted molar refractivity (Wildman–Crippen MR) is 103 cm³/mol. The van der Waals surface area contributed by atoms with Gasteiger partial charge in [-0.2, -0.15) is 0 Å². The SMILES string of the molecule is CCc1ccc(C2CC3C(=O)N(Cc4ccc(Cl)cc4)C=CN3N2)cc1. The fourth-order valence-electron chi connectivity index (χ4n) is 3.56. The molecule has 2 aliphatic rings. The summed E-state index contributed by atoms with van der Waals surface area (Å²) in [4.78, 5) is 14.7. The van der Waals surface area contributed by atoms with Gasteiger partial charge < -0.3 is 9.91 Å². The largest absolute Gasteiger partial charge is 0.311 e. The van der Waals surface area contributed by atoms with Crippen molar-refractivity contribution in [1.82, 2.24) is 15.3 Å². The first-order chi connectivity index (χ1) is 12.6. The van der Waals surface area contributed by atoms with Gasteiger partial charge in [0.25, 0.3) is 5.91 Å². The minimum Gasteiger partial charge on any atom is -0.311 e. The van der Waals surface area contributed by atoms with E-state index in [4.69, 9.17) is 11.6 Å². The lowest BCUT2D eigenvalue weighted by Crippen LogP contribution is -2.47. The maximum Gasteiger partial charge on any atom is 0.251 e. The molecule has 4 nitrogen and oxygen atoms in total. The van der Waals surface area contributed by atoms with Crippen LogP contribution >= 0.6 is 11.6 Å². The van der Waals surface area contributed by atoms with Gasteiger partial charge in [0.15, 0.2) is 0 Å². The Morgan fingerprint density at radius 2 is 1.73 bits per heavy atom. The molecule has 2 unspecified atom stereocenters. The van der Waals surface area contributed by atoms with E-state index in [1.165, 1.54) is 11.1 Å². The van der Waals surface area contributed by atoms with Crippen molar-refractivity contribution in [2.75, 3.05) is 0 Å². The molecule has 1 saturated heterocycles. The zero-order valence-electron chi connectivity index (χ0n) is 14.7. The van der Waals surface area contributed by atoms with Crippen molar-refractivity contribution in [3.05, 3.63) is 82.6 Å². The molecule has 2 atom stereocenters. The smallest absolute Gasteiger partial charge is 0.251 e. The van der Waals surface area contributed by atoms with Crippen molar-refractivity contribution in [3.63, 3.8) is 0 Å². The molecule has 0 aliphatic carbocycles. The molecule has 2 heterocycles. The Bertz CT molecular complexity index is 816. The Labute approximate surface area is 159 Å². The van der Waals surface area contributed by atoms with E-state index in [-0.39, 0.29) is 18.0 Å². The number of amides is 1. The van der Waals surface area contributed by atoms with Crippen molar-refractivity contribution in [3.8, 4) is 0 Å². The highest BCUT2D eigenvalue weighted by molar-refractivity contribution is 6.30. The van der Waals surface area contributed by atoms with Crippen LogP contribution in [-0.4, -0.2) is 21.9 Å². The number of hydrazine groups is 1. The molecule has 1 amide bonds. The van der Waals surface area contributed by atoms with Crippen LogP contribution in [0.2, 0.25) is 5.02 Å². The summed E-state index contributed by atoms with van der Waals surface area (Å²) in [6.07, 6.45) is 5.62. The minimum atomic E-state index is -0.164. The van der Waals surface area contributed by atoms with E-state index >= 15 is 0 Å². The summed E-state index contributed by atoms with van der Waals surface area (Å²) in [6, 6.07) is 16.3. The van der Waals surface area contributed by atoms with E-state index in [0.717, 1.165) is 18.4 Å². The number of hydrogen-bond donors (Lipinski definition) is 1. The highest BCUT2D eigenvalue weighted by Gasteiger charge is 2.39. The van der Waals surface area contributed by atoms with E-state index in [9.17, 15) is 4.79 Å². The maximum absolute atomic E-state index is 12.9. The van der Waals surface area contributed by atoms with Gasteiger partial charge in [0.1, 0.15) is 6.04 Å². The second-order valence-electron chi connectivity index (χ2n) is 6.83. The van der Waals surface area contributed by atoms with E-state index in [2.05, 4.69) is 36.6 Å². The number of aryl methyl sites for hydroxylation is 1. The van der Waals surface area contributed by atoms with Gasteiger partial charge in [0.2, 0.25) is 0 Å². The lowest BCUT2D eigenvalue weighted by atomic mass is 9.99. The van der Waals surface area contributed by atoms with Gasteiger partial charge in [-0.25, -0.2) is 5.43 Å². The van der Waals surface area contributed by atoms with E-state index in [1.807, 2.05) is 41.7 Å². The lowest BCUT2D eigenvalue weighted by Gasteiger charge is -2.31. The zero-order valence-corrected chi connectivity index (χ0v) is 15.5. The van der Waals surface area contributed by atoms with Gasteiger partial charge in [-0.05, 0) is 41.7 Å². The highest BCUT2D eigenvalue weighted by atomic mass is 35.5. The summed E-state index contributed by atoms with van der Waals surface area (Å²) < 4.78 is 0. The third kappa shape index (κ3) is 3.35. The number of fused-ring (bicyclic) bond motifs is 1. The molecule has 2 aromatic carbocycles. The summed E-state index contributed by atoms with van der Waals surface area (Å²) in [7, 11) is 0. The number of nitrogens with zero attached hydrogens (tertiary/aromatic N) is 2. The fourth-order valence-corrected chi connectivity index (χ4v) is 3.68. The summed E-state index contributed by atoms with van der Waals surface area (Å²) in [5.74, 6) is 0.127. The summed E-state index contributed by atoms with van der Waals surface area (Å²) in [6.45, 7) is 2.72. The summed E-state index contributed by atoms with van der Waals surface area (Å²) in [5, 5.41) is 2.65. The molecule has 0 aromatic heterocycles. The van der Waals surface area contributed by atoms with Gasteiger partial charge in [-0.3, -0.25) is 4.79 Å². The van der Waals surface area contributed by atoms with Gasteiger partial charge in [0, 0.05) is 17.4 Å². The number of hydrogen-bond acceptors (Lipinski definition) is 3. The van der Waals surface area contributed by atoms with Crippen LogP contribution in [0, 0.1) is 0 Å². The topological polar surface area (TPSA) is 35.6 Å². The van der Waals surface area contributed by atoms with Crippen LogP contribution in [0.5, 0.6) is 0 Å². The van der Waals surface area contributed by atoms with Crippen LogP contribution in [0.1, 0.15) is 36.1 Å². The molecule has 5 heteroatoms. The van der Waals surface area contributed by atoms with Crippen LogP contribution in [0.3, 0.4) is 0 Å². The quantitative estimate of drug-likeness (QED) is 0.886. The molecule has 0 bridgehead atoms. The number of halogens is 1. The Morgan fingerprint density at radius 3 is 2.42 bits per heavy atom. The molecule has 0 saturated carbocycles. The second kappa shape index (κ2) is 7.14. The first kappa shape index (κ1) is 17.1. The average Bonchev–Trinajstić information content (AvgIpc) is 3.11. The Balaban J connectivity index is 1.46. The summed E-state index contributed by atoms with van der Waals surface area (Å²) >= 11 is 5.94. The number of carbonyl (C=O) groups excluding carboxylic acids is 1. The van der Waals surface area contributed by atoms with Crippen LogP contribution in [0.4, 0.5) is 0 Å². The fraction of sp³-hybridized carbons (Fsp3) is 0.286. The molecule has 26 heavy (non-hydrogen) atoms. The van der Waals surface area contributed by atoms with Crippen molar-refractivity contribution < 1.29 is 4.79 Å². The van der Waals surface area contributed by atoms with Gasteiger partial charge in [-0.15, -0.1) is 0 Å². The lowest BCUT2D eigenvalue weighted by molar-refractivity contribution is -0.134. The molecule has 1 fully saturated rings. The minimum absolute atomic E-state index is 0.127. The van der Waals surface area contributed by atoms with Crippen LogP contribution in [0.25, 0.3) is 0 Å².